The topological polar surface area (TPSA) is 68.3 Å². The number of ether oxygens (including phenoxy) is 1. The largest absolute Gasteiger partial charge is 0.416 e. The first-order valence-electron chi connectivity index (χ1n) is 6.67. The van der Waals surface area contributed by atoms with Crippen LogP contribution in [0.25, 0.3) is 0 Å². The second-order valence-corrected chi connectivity index (χ2v) is 8.16. The van der Waals surface area contributed by atoms with Gasteiger partial charge in [0.05, 0.1) is 21.2 Å². The summed E-state index contributed by atoms with van der Waals surface area (Å²) in [5, 5.41) is 0.141. The number of nitrogens with one attached hydrogen (secondary N) is 1. The molecular formula is C14H10BrCl2F3N2O3S. The van der Waals surface area contributed by atoms with Crippen LogP contribution in [0.3, 0.4) is 0 Å². The first-order valence-corrected chi connectivity index (χ1v) is 9.76. The first kappa shape index (κ1) is 21.2. The summed E-state index contributed by atoms with van der Waals surface area (Å²) in [5.74, 6) is 0. The van der Waals surface area contributed by atoms with Crippen molar-refractivity contribution < 1.29 is 26.3 Å². The predicted octanol–water partition coefficient (Wildman–Crippen LogP) is 5.20. The summed E-state index contributed by atoms with van der Waals surface area (Å²) in [6.07, 6.45) is -3.56. The average molecular weight is 494 g/mol. The maximum Gasteiger partial charge on any atom is 0.416 e. The number of alkyl halides is 4. The third kappa shape index (κ3) is 4.80. The maximum absolute atomic E-state index is 13.3. The van der Waals surface area contributed by atoms with E-state index in [1.807, 2.05) is 0 Å². The molecule has 1 aromatic heterocycles. The van der Waals surface area contributed by atoms with E-state index in [1.165, 1.54) is 12.3 Å². The minimum Gasteiger partial charge on any atom is -0.361 e. The van der Waals surface area contributed by atoms with Gasteiger partial charge in [0.15, 0.2) is 5.56 Å². The molecule has 0 saturated heterocycles. The Bertz CT molecular complexity index is 926. The number of hydrogen-bond acceptors (Lipinski definition) is 4. The molecule has 0 spiro atoms. The lowest BCUT2D eigenvalue weighted by atomic mass is 10.1. The molecule has 26 heavy (non-hydrogen) atoms. The third-order valence-corrected chi connectivity index (χ3v) is 5.76. The molecular weight excluding hydrogens is 484 g/mol. The Balaban J connectivity index is 2.51. The molecule has 2 aromatic rings. The molecule has 1 N–H and O–H groups in total. The van der Waals surface area contributed by atoms with E-state index in [1.54, 1.807) is 0 Å². The van der Waals surface area contributed by atoms with Crippen molar-refractivity contribution in [1.82, 2.24) is 4.98 Å². The minimum atomic E-state index is -4.83. The van der Waals surface area contributed by atoms with Crippen molar-refractivity contribution in [2.75, 3.05) is 11.8 Å². The van der Waals surface area contributed by atoms with Gasteiger partial charge in [-0.25, -0.2) is 13.4 Å². The van der Waals surface area contributed by atoms with E-state index in [-0.39, 0.29) is 15.3 Å². The summed E-state index contributed by atoms with van der Waals surface area (Å²) >= 11 is 14.5. The molecule has 0 saturated carbocycles. The number of benzene rings is 1. The Morgan fingerprint density at radius 3 is 2.54 bits per heavy atom. The Morgan fingerprint density at radius 1 is 1.31 bits per heavy atom. The van der Waals surface area contributed by atoms with Crippen LogP contribution in [0.2, 0.25) is 5.02 Å². The fourth-order valence-corrected chi connectivity index (χ4v) is 3.85. The minimum absolute atomic E-state index is 0.0257. The number of sulfonamides is 1. The lowest BCUT2D eigenvalue weighted by Crippen LogP contribution is -2.17. The van der Waals surface area contributed by atoms with Gasteiger partial charge in [-0.3, -0.25) is 4.72 Å². The van der Waals surface area contributed by atoms with Gasteiger partial charge in [0.25, 0.3) is 10.0 Å². The van der Waals surface area contributed by atoms with Crippen molar-refractivity contribution in [2.24, 2.45) is 0 Å². The van der Waals surface area contributed by atoms with Crippen LogP contribution in [0.4, 0.5) is 18.9 Å². The van der Waals surface area contributed by atoms with Gasteiger partial charge in [-0.1, -0.05) is 29.3 Å². The van der Waals surface area contributed by atoms with Gasteiger partial charge >= 0.3 is 6.18 Å². The number of halogens is 6. The van der Waals surface area contributed by atoms with Crippen LogP contribution in [0.1, 0.15) is 16.7 Å². The van der Waals surface area contributed by atoms with Gasteiger partial charge < -0.3 is 4.74 Å². The van der Waals surface area contributed by atoms with E-state index in [4.69, 9.17) is 27.9 Å². The van der Waals surface area contributed by atoms with Gasteiger partial charge in [-0.2, -0.15) is 13.2 Å². The Labute approximate surface area is 165 Å². The molecule has 0 aliphatic carbocycles. The van der Waals surface area contributed by atoms with Gasteiger partial charge in [0.1, 0.15) is 4.60 Å². The quantitative estimate of drug-likeness (QED) is 0.459. The van der Waals surface area contributed by atoms with E-state index in [9.17, 15) is 21.6 Å². The van der Waals surface area contributed by atoms with Crippen molar-refractivity contribution >= 4 is 54.8 Å². The number of aromatic nitrogens is 1. The molecule has 1 unspecified atom stereocenters. The monoisotopic (exact) mass is 492 g/mol. The molecule has 0 bridgehead atoms. The molecule has 12 heteroatoms. The molecule has 142 valence electrons. The lowest BCUT2D eigenvalue weighted by Gasteiger charge is -2.18. The summed E-state index contributed by atoms with van der Waals surface area (Å²) in [4.78, 5) is 3.19. The molecule has 1 aromatic carbocycles. The lowest BCUT2D eigenvalue weighted by molar-refractivity contribution is -0.139. The van der Waals surface area contributed by atoms with Crippen molar-refractivity contribution in [2.45, 2.75) is 16.6 Å². The number of methoxy groups -OCH3 is 1. The Morgan fingerprint density at radius 2 is 1.96 bits per heavy atom. The van der Waals surface area contributed by atoms with E-state index >= 15 is 0 Å². The van der Waals surface area contributed by atoms with Gasteiger partial charge in [0, 0.05) is 18.9 Å². The van der Waals surface area contributed by atoms with Crippen LogP contribution >= 0.6 is 39.1 Å². The fraction of sp³-hybridized carbons (Fsp3) is 0.214. The summed E-state index contributed by atoms with van der Waals surface area (Å²) in [7, 11) is -3.21. The maximum atomic E-state index is 13.3. The predicted molar refractivity (Wildman–Crippen MR) is 94.8 cm³/mol. The van der Waals surface area contributed by atoms with Crippen molar-refractivity contribution in [3.8, 4) is 0 Å². The van der Waals surface area contributed by atoms with Crippen molar-refractivity contribution in [3.05, 3.63) is 51.2 Å². The molecule has 0 radical (unpaired) electrons. The molecule has 2 rings (SSSR count). The Kier molecular flexibility index (Phi) is 6.44. The van der Waals surface area contributed by atoms with Crippen molar-refractivity contribution in [3.63, 3.8) is 0 Å². The van der Waals surface area contributed by atoms with Crippen LogP contribution in [0.15, 0.2) is 40.0 Å². The highest BCUT2D eigenvalue weighted by molar-refractivity contribution is 9.10. The normalized spacial score (nSPS) is 13.5. The summed E-state index contributed by atoms with van der Waals surface area (Å²) in [6, 6.07) is 3.68. The highest BCUT2D eigenvalue weighted by Crippen LogP contribution is 2.38. The van der Waals surface area contributed by atoms with Gasteiger partial charge in [-0.05, 0) is 34.1 Å². The molecule has 1 heterocycles. The summed E-state index contributed by atoms with van der Waals surface area (Å²) in [5.41, 5.74) is -3.03. The van der Waals surface area contributed by atoms with Crippen LogP contribution < -0.4 is 4.72 Å². The number of rotatable bonds is 5. The number of pyridine rings is 1. The zero-order valence-corrected chi connectivity index (χ0v) is 16.7. The smallest absolute Gasteiger partial charge is 0.361 e. The molecule has 0 aliphatic rings. The molecule has 1 atom stereocenters. The Hall–Kier alpha value is -1.07. The third-order valence-electron chi connectivity index (χ3n) is 3.14. The second kappa shape index (κ2) is 7.89. The molecule has 0 fully saturated rings. The summed E-state index contributed by atoms with van der Waals surface area (Å²) < 4.78 is 71.7. The fourth-order valence-electron chi connectivity index (χ4n) is 1.97. The number of hydrogen-bond donors (Lipinski definition) is 1. The zero-order chi connectivity index (χ0) is 19.7. The molecule has 0 aliphatic heterocycles. The van der Waals surface area contributed by atoms with Crippen LogP contribution in [-0.4, -0.2) is 20.5 Å². The number of anilines is 1. The highest BCUT2D eigenvalue weighted by atomic mass is 79.9. The van der Waals surface area contributed by atoms with E-state index in [0.29, 0.717) is 6.07 Å². The number of nitrogens with zero attached hydrogens (tertiary/aromatic N) is 1. The average Bonchev–Trinajstić information content (AvgIpc) is 2.56. The van der Waals surface area contributed by atoms with Crippen LogP contribution in [0.5, 0.6) is 0 Å². The SMILES string of the molecule is COC(Cl)c1ccc(S(=O)(=O)Nc2cc(Cl)cnc2Br)cc1C(F)(F)F. The molecule has 5 nitrogen and oxygen atoms in total. The standard InChI is InChI=1S/C14H10BrCl2F3N2O3S/c1-25-13(17)9-3-2-8(5-10(9)14(18,19)20)26(23,24)22-11-4-7(16)6-21-12(11)15/h2-6,13,22H,1H3. The van der Waals surface area contributed by atoms with Gasteiger partial charge in [0.2, 0.25) is 0 Å². The van der Waals surface area contributed by atoms with E-state index < -0.39 is 37.8 Å². The highest BCUT2D eigenvalue weighted by Gasteiger charge is 2.36. The van der Waals surface area contributed by atoms with Gasteiger partial charge in [-0.15, -0.1) is 0 Å². The summed E-state index contributed by atoms with van der Waals surface area (Å²) in [6.45, 7) is 0. The van der Waals surface area contributed by atoms with Crippen molar-refractivity contribution in [1.29, 1.82) is 0 Å². The van der Waals surface area contributed by atoms with Crippen LogP contribution in [-0.2, 0) is 20.9 Å². The first-order chi connectivity index (χ1) is 12.0. The van der Waals surface area contributed by atoms with Crippen LogP contribution in [0, 0.1) is 0 Å². The second-order valence-electron chi connectivity index (χ2n) is 4.90. The molecule has 0 amide bonds. The van der Waals surface area contributed by atoms with E-state index in [0.717, 1.165) is 19.2 Å². The van der Waals surface area contributed by atoms with E-state index in [2.05, 4.69) is 25.6 Å². The zero-order valence-electron chi connectivity index (χ0n) is 12.8.